The van der Waals surface area contributed by atoms with Gasteiger partial charge >= 0.3 is 5.97 Å². The summed E-state index contributed by atoms with van der Waals surface area (Å²) >= 11 is 1.56. The number of aromatic nitrogens is 1. The van der Waals surface area contributed by atoms with Crippen molar-refractivity contribution in [2.45, 2.75) is 6.42 Å². The summed E-state index contributed by atoms with van der Waals surface area (Å²) in [4.78, 5) is 14.8. The van der Waals surface area contributed by atoms with Gasteiger partial charge in [-0.05, 0) is 24.1 Å². The number of benzene rings is 1. The van der Waals surface area contributed by atoms with E-state index < -0.39 is 5.97 Å². The van der Waals surface area contributed by atoms with Crippen LogP contribution in [-0.4, -0.2) is 22.6 Å². The maximum absolute atomic E-state index is 10.7. The molecular formula is C12H12N2O2S. The summed E-state index contributed by atoms with van der Waals surface area (Å²) in [6, 6.07) is 6.93. The first-order valence-electron chi connectivity index (χ1n) is 5.21. The van der Waals surface area contributed by atoms with Crippen molar-refractivity contribution >= 4 is 22.4 Å². The molecule has 0 bridgehead atoms. The number of carboxylic acids is 1. The van der Waals surface area contributed by atoms with E-state index in [0.717, 1.165) is 23.7 Å². The van der Waals surface area contributed by atoms with E-state index in [1.807, 2.05) is 17.5 Å². The van der Waals surface area contributed by atoms with E-state index >= 15 is 0 Å². The monoisotopic (exact) mass is 248 g/mol. The summed E-state index contributed by atoms with van der Waals surface area (Å²) in [6.45, 7) is 0.792. The lowest BCUT2D eigenvalue weighted by atomic mass is 10.1. The van der Waals surface area contributed by atoms with E-state index in [9.17, 15) is 4.79 Å². The molecule has 4 nitrogen and oxygen atoms in total. The average Bonchev–Trinajstić information content (AvgIpc) is 2.83. The summed E-state index contributed by atoms with van der Waals surface area (Å²) < 4.78 is 0. The van der Waals surface area contributed by atoms with Crippen molar-refractivity contribution in [3.8, 4) is 0 Å². The molecule has 0 saturated heterocycles. The number of carboxylic acid groups (broad SMARTS) is 1. The Bertz CT molecular complexity index is 480. The minimum Gasteiger partial charge on any atom is -0.478 e. The molecule has 2 N–H and O–H groups in total. The quantitative estimate of drug-likeness (QED) is 0.853. The average molecular weight is 248 g/mol. The molecule has 2 aromatic rings. The van der Waals surface area contributed by atoms with Gasteiger partial charge in [-0.25, -0.2) is 9.78 Å². The zero-order valence-electron chi connectivity index (χ0n) is 9.09. The number of hydrogen-bond donors (Lipinski definition) is 2. The first-order valence-corrected chi connectivity index (χ1v) is 6.09. The number of rotatable bonds is 5. The predicted octanol–water partition coefficient (Wildman–Crippen LogP) is 2.50. The van der Waals surface area contributed by atoms with Gasteiger partial charge < -0.3 is 10.4 Å². The minimum absolute atomic E-state index is 0.321. The summed E-state index contributed by atoms with van der Waals surface area (Å²) in [7, 11) is 0. The Labute approximate surface area is 103 Å². The van der Waals surface area contributed by atoms with Crippen LogP contribution in [0, 0.1) is 0 Å². The number of anilines is 1. The van der Waals surface area contributed by atoms with E-state index in [1.165, 1.54) is 0 Å². The number of aromatic carboxylic acids is 1. The molecule has 88 valence electrons. The predicted molar refractivity (Wildman–Crippen MR) is 67.7 cm³/mol. The summed E-state index contributed by atoms with van der Waals surface area (Å²) in [5.41, 5.74) is 1.43. The number of thiazole rings is 1. The Balaban J connectivity index is 1.85. The van der Waals surface area contributed by atoms with Gasteiger partial charge in [-0.15, -0.1) is 11.3 Å². The molecule has 0 radical (unpaired) electrons. The van der Waals surface area contributed by atoms with Crippen LogP contribution in [0.15, 0.2) is 35.8 Å². The summed E-state index contributed by atoms with van der Waals surface area (Å²) in [5.74, 6) is -0.891. The Kier molecular flexibility index (Phi) is 3.72. The smallest absolute Gasteiger partial charge is 0.335 e. The molecule has 0 atom stereocenters. The Hall–Kier alpha value is -1.88. The molecule has 1 aromatic heterocycles. The van der Waals surface area contributed by atoms with Gasteiger partial charge in [-0.2, -0.15) is 0 Å². The maximum atomic E-state index is 10.7. The number of nitrogens with zero attached hydrogens (tertiary/aromatic N) is 1. The maximum Gasteiger partial charge on any atom is 0.335 e. The standard InChI is InChI=1S/C12H12N2O2S/c15-11(16)10-3-1-9(2-4-10)5-6-13-12-14-7-8-17-12/h1-4,7-8H,5-6H2,(H,13,14)(H,15,16). The second kappa shape index (κ2) is 5.45. The van der Waals surface area contributed by atoms with Crippen molar-refractivity contribution in [3.05, 3.63) is 47.0 Å². The van der Waals surface area contributed by atoms with Gasteiger partial charge in [0.25, 0.3) is 0 Å². The second-order valence-electron chi connectivity index (χ2n) is 3.52. The van der Waals surface area contributed by atoms with E-state index in [2.05, 4.69) is 10.3 Å². The van der Waals surface area contributed by atoms with Crippen molar-refractivity contribution in [3.63, 3.8) is 0 Å². The van der Waals surface area contributed by atoms with Gasteiger partial charge in [-0.1, -0.05) is 12.1 Å². The van der Waals surface area contributed by atoms with Crippen LogP contribution in [0.2, 0.25) is 0 Å². The van der Waals surface area contributed by atoms with Gasteiger partial charge in [0, 0.05) is 18.1 Å². The molecule has 0 spiro atoms. The zero-order chi connectivity index (χ0) is 12.1. The fourth-order valence-electron chi connectivity index (χ4n) is 1.44. The van der Waals surface area contributed by atoms with Crippen molar-refractivity contribution in [2.75, 3.05) is 11.9 Å². The highest BCUT2D eigenvalue weighted by Gasteiger charge is 2.01. The Morgan fingerprint density at radius 3 is 2.71 bits per heavy atom. The SMILES string of the molecule is O=C(O)c1ccc(CCNc2nccs2)cc1. The van der Waals surface area contributed by atoms with Crippen LogP contribution < -0.4 is 5.32 Å². The summed E-state index contributed by atoms with van der Waals surface area (Å²) in [5, 5.41) is 14.8. The highest BCUT2D eigenvalue weighted by Crippen LogP contribution is 2.10. The van der Waals surface area contributed by atoms with Gasteiger partial charge in [0.15, 0.2) is 5.13 Å². The summed E-state index contributed by atoms with van der Waals surface area (Å²) in [6.07, 6.45) is 2.61. The van der Waals surface area contributed by atoms with E-state index in [1.54, 1.807) is 29.7 Å². The normalized spacial score (nSPS) is 10.1. The van der Waals surface area contributed by atoms with Gasteiger partial charge in [0.05, 0.1) is 5.56 Å². The molecule has 0 unspecified atom stereocenters. The van der Waals surface area contributed by atoms with Crippen LogP contribution in [0.25, 0.3) is 0 Å². The van der Waals surface area contributed by atoms with E-state index in [0.29, 0.717) is 5.56 Å². The van der Waals surface area contributed by atoms with Crippen LogP contribution in [0.1, 0.15) is 15.9 Å². The van der Waals surface area contributed by atoms with Crippen molar-refractivity contribution in [1.29, 1.82) is 0 Å². The molecule has 0 saturated carbocycles. The Morgan fingerprint density at radius 2 is 2.12 bits per heavy atom. The lowest BCUT2D eigenvalue weighted by molar-refractivity contribution is 0.0697. The molecule has 2 rings (SSSR count). The lowest BCUT2D eigenvalue weighted by Gasteiger charge is -2.03. The van der Waals surface area contributed by atoms with Gasteiger partial charge in [0.2, 0.25) is 0 Å². The zero-order valence-corrected chi connectivity index (χ0v) is 9.91. The largest absolute Gasteiger partial charge is 0.478 e. The topological polar surface area (TPSA) is 62.2 Å². The van der Waals surface area contributed by atoms with Crippen LogP contribution in [0.3, 0.4) is 0 Å². The lowest BCUT2D eigenvalue weighted by Crippen LogP contribution is -2.04. The third kappa shape index (κ3) is 3.29. The highest BCUT2D eigenvalue weighted by molar-refractivity contribution is 7.13. The molecular weight excluding hydrogens is 236 g/mol. The molecule has 5 heteroatoms. The van der Waals surface area contributed by atoms with Crippen molar-refractivity contribution < 1.29 is 9.90 Å². The molecule has 0 fully saturated rings. The Morgan fingerprint density at radius 1 is 1.35 bits per heavy atom. The molecule has 1 aromatic carbocycles. The molecule has 0 amide bonds. The van der Waals surface area contributed by atoms with Crippen LogP contribution >= 0.6 is 11.3 Å². The third-order valence-corrected chi connectivity index (χ3v) is 3.05. The molecule has 0 aliphatic rings. The second-order valence-corrected chi connectivity index (χ2v) is 4.41. The molecule has 17 heavy (non-hydrogen) atoms. The molecule has 1 heterocycles. The first-order chi connectivity index (χ1) is 8.25. The third-order valence-electron chi connectivity index (χ3n) is 2.32. The van der Waals surface area contributed by atoms with Crippen LogP contribution in [-0.2, 0) is 6.42 Å². The molecule has 0 aliphatic carbocycles. The van der Waals surface area contributed by atoms with Crippen molar-refractivity contribution in [1.82, 2.24) is 4.98 Å². The van der Waals surface area contributed by atoms with Crippen LogP contribution in [0.4, 0.5) is 5.13 Å². The fourth-order valence-corrected chi connectivity index (χ4v) is 2.00. The van der Waals surface area contributed by atoms with E-state index in [-0.39, 0.29) is 0 Å². The number of carbonyl (C=O) groups is 1. The molecule has 0 aliphatic heterocycles. The highest BCUT2D eigenvalue weighted by atomic mass is 32.1. The minimum atomic E-state index is -0.891. The fraction of sp³-hybridized carbons (Fsp3) is 0.167. The van der Waals surface area contributed by atoms with Gasteiger partial charge in [-0.3, -0.25) is 0 Å². The van der Waals surface area contributed by atoms with Gasteiger partial charge in [0.1, 0.15) is 0 Å². The number of nitrogens with one attached hydrogen (secondary N) is 1. The number of hydrogen-bond acceptors (Lipinski definition) is 4. The van der Waals surface area contributed by atoms with Crippen LogP contribution in [0.5, 0.6) is 0 Å². The van der Waals surface area contributed by atoms with E-state index in [4.69, 9.17) is 5.11 Å². The first kappa shape index (κ1) is 11.6. The van der Waals surface area contributed by atoms with Crippen molar-refractivity contribution in [2.24, 2.45) is 0 Å².